The van der Waals surface area contributed by atoms with Gasteiger partial charge in [-0.3, -0.25) is 4.79 Å². The highest BCUT2D eigenvalue weighted by atomic mass is 35.5. The molecule has 0 aromatic heterocycles. The smallest absolute Gasteiger partial charge is 0.230 e. The van der Waals surface area contributed by atoms with E-state index in [0.29, 0.717) is 18.4 Å². The van der Waals surface area contributed by atoms with Crippen molar-refractivity contribution in [2.24, 2.45) is 11.7 Å². The molecule has 3 nitrogen and oxygen atoms in total. The molecule has 1 amide bonds. The van der Waals surface area contributed by atoms with E-state index in [4.69, 9.17) is 5.73 Å². The number of carbonyl (C=O) groups excluding carboxylic acids is 1. The summed E-state index contributed by atoms with van der Waals surface area (Å²) >= 11 is 1.87. The monoisotopic (exact) mass is 340 g/mol. The molecule has 0 aliphatic carbocycles. The van der Waals surface area contributed by atoms with E-state index in [1.54, 1.807) is 0 Å². The van der Waals surface area contributed by atoms with Gasteiger partial charge in [0.1, 0.15) is 0 Å². The Balaban J connectivity index is 0.00000176. The largest absolute Gasteiger partial charge is 0.338 e. The Morgan fingerprint density at radius 3 is 2.91 bits per heavy atom. The number of benzene rings is 1. The molecule has 3 atom stereocenters. The minimum absolute atomic E-state index is 0. The molecule has 3 rings (SSSR count). The van der Waals surface area contributed by atoms with E-state index in [1.807, 2.05) is 17.8 Å². The van der Waals surface area contributed by atoms with E-state index in [9.17, 15) is 4.79 Å². The highest BCUT2D eigenvalue weighted by Crippen LogP contribution is 2.39. The molecule has 2 aliphatic rings. The topological polar surface area (TPSA) is 46.3 Å². The minimum Gasteiger partial charge on any atom is -0.338 e. The van der Waals surface area contributed by atoms with Crippen LogP contribution in [-0.4, -0.2) is 35.7 Å². The molecule has 5 heteroatoms. The normalized spacial score (nSPS) is 27.7. The fourth-order valence-corrected chi connectivity index (χ4v) is 4.69. The summed E-state index contributed by atoms with van der Waals surface area (Å²) in [7, 11) is 0. The van der Waals surface area contributed by atoms with Crippen LogP contribution < -0.4 is 5.73 Å². The maximum atomic E-state index is 13.1. The quantitative estimate of drug-likeness (QED) is 0.898. The first-order chi connectivity index (χ1) is 10.2. The lowest BCUT2D eigenvalue weighted by molar-refractivity contribution is -0.137. The van der Waals surface area contributed by atoms with Crippen LogP contribution in [0.15, 0.2) is 29.2 Å². The first-order valence-corrected chi connectivity index (χ1v) is 8.91. The predicted molar refractivity (Wildman–Crippen MR) is 94.7 cm³/mol. The number of amides is 1. The van der Waals surface area contributed by atoms with Crippen LogP contribution in [0.25, 0.3) is 0 Å². The Labute approximate surface area is 143 Å². The summed E-state index contributed by atoms with van der Waals surface area (Å²) < 4.78 is 0. The van der Waals surface area contributed by atoms with Gasteiger partial charge in [0, 0.05) is 24.0 Å². The van der Waals surface area contributed by atoms with Crippen molar-refractivity contribution in [2.45, 2.75) is 43.0 Å². The molecule has 2 N–H and O–H groups in total. The van der Waals surface area contributed by atoms with E-state index in [-0.39, 0.29) is 24.4 Å². The van der Waals surface area contributed by atoms with Gasteiger partial charge in [0.05, 0.1) is 5.92 Å². The van der Waals surface area contributed by atoms with Crippen molar-refractivity contribution in [3.05, 3.63) is 29.8 Å². The predicted octanol–water partition coefficient (Wildman–Crippen LogP) is 3.27. The summed E-state index contributed by atoms with van der Waals surface area (Å²) in [6.45, 7) is 3.71. The van der Waals surface area contributed by atoms with Gasteiger partial charge >= 0.3 is 0 Å². The Morgan fingerprint density at radius 1 is 1.36 bits per heavy atom. The highest BCUT2D eigenvalue weighted by molar-refractivity contribution is 7.99. The maximum absolute atomic E-state index is 13.1. The number of hydrogen-bond donors (Lipinski definition) is 1. The molecular formula is C17H25ClN2OS. The van der Waals surface area contributed by atoms with Crippen LogP contribution in [-0.2, 0) is 4.79 Å². The first-order valence-electron chi connectivity index (χ1n) is 7.93. The third kappa shape index (κ3) is 3.44. The summed E-state index contributed by atoms with van der Waals surface area (Å²) in [6, 6.07) is 8.59. The number of nitrogens with zero attached hydrogens (tertiary/aromatic N) is 1. The van der Waals surface area contributed by atoms with Crippen LogP contribution >= 0.6 is 24.2 Å². The molecule has 2 heterocycles. The number of thioether (sulfide) groups is 1. The second-order valence-electron chi connectivity index (χ2n) is 6.28. The number of carbonyl (C=O) groups is 1. The SMILES string of the molecule is CC1CCN(C(=O)C2CCSc3ccccc32)C(CN)C1.Cl. The molecule has 2 aliphatic heterocycles. The van der Waals surface area contributed by atoms with Crippen LogP contribution in [0.4, 0.5) is 0 Å². The lowest BCUT2D eigenvalue weighted by atomic mass is 9.88. The van der Waals surface area contributed by atoms with Crippen LogP contribution in [0, 0.1) is 5.92 Å². The van der Waals surface area contributed by atoms with Crippen molar-refractivity contribution in [3.8, 4) is 0 Å². The Hall–Kier alpha value is -0.710. The molecule has 22 heavy (non-hydrogen) atoms. The maximum Gasteiger partial charge on any atom is 0.230 e. The summed E-state index contributed by atoms with van der Waals surface area (Å²) in [6.07, 6.45) is 3.10. The molecule has 0 saturated carbocycles. The molecular weight excluding hydrogens is 316 g/mol. The van der Waals surface area contributed by atoms with Gasteiger partial charge in [-0.1, -0.05) is 25.1 Å². The number of hydrogen-bond acceptors (Lipinski definition) is 3. The van der Waals surface area contributed by atoms with Crippen LogP contribution in [0.1, 0.15) is 37.7 Å². The molecule has 1 saturated heterocycles. The van der Waals surface area contributed by atoms with Gasteiger partial charge in [0.2, 0.25) is 5.91 Å². The van der Waals surface area contributed by atoms with E-state index in [2.05, 4.69) is 30.0 Å². The van der Waals surface area contributed by atoms with Crippen LogP contribution in [0.5, 0.6) is 0 Å². The van der Waals surface area contributed by atoms with Gasteiger partial charge in [-0.15, -0.1) is 24.2 Å². The molecule has 122 valence electrons. The molecule has 1 fully saturated rings. The third-order valence-corrected chi connectivity index (χ3v) is 5.91. The van der Waals surface area contributed by atoms with Crippen LogP contribution in [0.2, 0.25) is 0 Å². The van der Waals surface area contributed by atoms with Crippen molar-refractivity contribution < 1.29 is 4.79 Å². The zero-order chi connectivity index (χ0) is 14.8. The summed E-state index contributed by atoms with van der Waals surface area (Å²) in [5.74, 6) is 2.04. The highest BCUT2D eigenvalue weighted by Gasteiger charge is 2.35. The Kier molecular flexibility index (Phi) is 6.18. The molecule has 1 aromatic rings. The first kappa shape index (κ1) is 17.6. The Morgan fingerprint density at radius 2 is 2.14 bits per heavy atom. The second-order valence-corrected chi connectivity index (χ2v) is 7.42. The molecule has 0 bridgehead atoms. The molecule has 1 aromatic carbocycles. The van der Waals surface area contributed by atoms with Gasteiger partial charge in [-0.25, -0.2) is 0 Å². The Bertz CT molecular complexity index is 525. The van der Waals surface area contributed by atoms with Crippen molar-refractivity contribution >= 4 is 30.1 Å². The van der Waals surface area contributed by atoms with Gasteiger partial charge < -0.3 is 10.6 Å². The number of piperidine rings is 1. The minimum atomic E-state index is 0. The van der Waals surface area contributed by atoms with Crippen molar-refractivity contribution in [1.29, 1.82) is 0 Å². The average Bonchev–Trinajstić information content (AvgIpc) is 2.53. The van der Waals surface area contributed by atoms with Gasteiger partial charge in [0.15, 0.2) is 0 Å². The number of likely N-dealkylation sites (tertiary alicyclic amines) is 1. The van der Waals surface area contributed by atoms with Crippen molar-refractivity contribution in [2.75, 3.05) is 18.8 Å². The van der Waals surface area contributed by atoms with Gasteiger partial charge in [0.25, 0.3) is 0 Å². The van der Waals surface area contributed by atoms with E-state index in [1.165, 1.54) is 10.5 Å². The number of halogens is 1. The van der Waals surface area contributed by atoms with E-state index < -0.39 is 0 Å². The van der Waals surface area contributed by atoms with Crippen molar-refractivity contribution in [1.82, 2.24) is 4.90 Å². The van der Waals surface area contributed by atoms with E-state index in [0.717, 1.165) is 31.6 Å². The summed E-state index contributed by atoms with van der Waals surface area (Å²) in [4.78, 5) is 16.4. The number of nitrogens with two attached hydrogens (primary N) is 1. The lowest BCUT2D eigenvalue weighted by Gasteiger charge is -2.40. The fourth-order valence-electron chi connectivity index (χ4n) is 3.56. The average molecular weight is 341 g/mol. The number of fused-ring (bicyclic) bond motifs is 1. The molecule has 0 spiro atoms. The van der Waals surface area contributed by atoms with Gasteiger partial charge in [-0.2, -0.15) is 0 Å². The van der Waals surface area contributed by atoms with E-state index >= 15 is 0 Å². The lowest BCUT2D eigenvalue weighted by Crippen LogP contribution is -2.51. The molecule has 0 radical (unpaired) electrons. The van der Waals surface area contributed by atoms with Crippen molar-refractivity contribution in [3.63, 3.8) is 0 Å². The number of rotatable bonds is 2. The second kappa shape index (κ2) is 7.71. The summed E-state index contributed by atoms with van der Waals surface area (Å²) in [5, 5.41) is 0. The summed E-state index contributed by atoms with van der Waals surface area (Å²) in [5.41, 5.74) is 7.14. The zero-order valence-electron chi connectivity index (χ0n) is 13.0. The fraction of sp³-hybridized carbons (Fsp3) is 0.588. The van der Waals surface area contributed by atoms with Gasteiger partial charge in [-0.05, 0) is 42.6 Å². The van der Waals surface area contributed by atoms with Crippen LogP contribution in [0.3, 0.4) is 0 Å². The third-order valence-electron chi connectivity index (χ3n) is 4.79. The molecule has 3 unspecified atom stereocenters. The zero-order valence-corrected chi connectivity index (χ0v) is 14.7. The standard InChI is InChI=1S/C17H24N2OS.ClH/c1-12-6-8-19(13(10-12)11-18)17(20)15-7-9-21-16-5-3-2-4-14(15)16;/h2-5,12-13,15H,6-11,18H2,1H3;1H.